The van der Waals surface area contributed by atoms with Gasteiger partial charge in [0.05, 0.1) is 11.6 Å². The molecule has 2 saturated carbocycles. The van der Waals surface area contributed by atoms with Crippen LogP contribution in [0.5, 0.6) is 0 Å². The van der Waals surface area contributed by atoms with Gasteiger partial charge in [0.1, 0.15) is 9.91 Å². The largest absolute Gasteiger partial charge is 0.383 e. The minimum atomic E-state index is -0.592. The maximum absolute atomic E-state index is 12.5. The van der Waals surface area contributed by atoms with Gasteiger partial charge in [0.15, 0.2) is 5.78 Å². The highest BCUT2D eigenvalue weighted by Gasteiger charge is 2.65. The number of hydrogen-bond donors (Lipinski definition) is 1. The summed E-state index contributed by atoms with van der Waals surface area (Å²) in [4.78, 5) is 11.9. The van der Waals surface area contributed by atoms with E-state index in [-0.39, 0.29) is 23.5 Å². The number of rotatable bonds is 2. The van der Waals surface area contributed by atoms with Crippen LogP contribution in [0.15, 0.2) is 22.9 Å². The smallest absolute Gasteiger partial charge is 0.181 e. The zero-order valence-corrected chi connectivity index (χ0v) is 12.9. The molecule has 2 nitrogen and oxygen atoms in total. The lowest BCUT2D eigenvalue weighted by Crippen LogP contribution is -2.44. The number of ketones is 1. The topological polar surface area (TPSA) is 29.1 Å². The van der Waals surface area contributed by atoms with Crippen LogP contribution in [0.3, 0.4) is 0 Å². The molecule has 0 amide bonds. The molecule has 0 spiro atoms. The number of alkyl halides is 1. The first-order valence-corrected chi connectivity index (χ1v) is 8.46. The Kier molecular flexibility index (Phi) is 2.98. The van der Waals surface area contributed by atoms with Crippen molar-refractivity contribution in [3.05, 3.63) is 22.9 Å². The van der Waals surface area contributed by atoms with Gasteiger partial charge < -0.3 is 5.32 Å². The lowest BCUT2D eigenvalue weighted by molar-refractivity contribution is -0.118. The number of Topliss-reactive ketones (excluding diaryl/α,β-unsaturated/α-hetero) is 1. The standard InChI is InChI=1S/C16H19Cl2NO/c17-13-14(20)12-9-6-7-10(8-9)16(12,18)15(13)19-11-4-2-1-3-5-11/h6-7,9-12,19H,1-5,8H2. The second-order valence-corrected chi connectivity index (χ2v) is 7.67. The van der Waals surface area contributed by atoms with E-state index < -0.39 is 4.87 Å². The van der Waals surface area contributed by atoms with Gasteiger partial charge in [-0.15, -0.1) is 11.6 Å². The molecule has 0 aromatic carbocycles. The maximum atomic E-state index is 12.5. The van der Waals surface area contributed by atoms with Crippen molar-refractivity contribution in [2.75, 3.05) is 0 Å². The molecule has 4 atom stereocenters. The van der Waals surface area contributed by atoms with Crippen LogP contribution in [0.4, 0.5) is 0 Å². The van der Waals surface area contributed by atoms with Crippen molar-refractivity contribution in [2.24, 2.45) is 17.8 Å². The van der Waals surface area contributed by atoms with Crippen LogP contribution in [-0.4, -0.2) is 16.7 Å². The summed E-state index contributed by atoms with van der Waals surface area (Å²) in [6.45, 7) is 0. The van der Waals surface area contributed by atoms with Crippen molar-refractivity contribution in [3.63, 3.8) is 0 Å². The molecular weight excluding hydrogens is 293 g/mol. The van der Waals surface area contributed by atoms with Crippen molar-refractivity contribution in [2.45, 2.75) is 49.4 Å². The molecule has 4 aliphatic carbocycles. The van der Waals surface area contributed by atoms with E-state index in [1.807, 2.05) is 0 Å². The Bertz CT molecular complexity index is 521. The van der Waals surface area contributed by atoms with E-state index >= 15 is 0 Å². The molecule has 1 N–H and O–H groups in total. The summed E-state index contributed by atoms with van der Waals surface area (Å²) >= 11 is 13.3. The number of hydrogen-bond acceptors (Lipinski definition) is 2. The minimum Gasteiger partial charge on any atom is -0.383 e. The van der Waals surface area contributed by atoms with Gasteiger partial charge in [0, 0.05) is 12.0 Å². The SMILES string of the molecule is O=C1C(Cl)=C(NC2CCCCC2)C2(Cl)C3C=CC(C3)C12. The normalized spacial score (nSPS) is 43.5. The third-order valence-corrected chi connectivity index (χ3v) is 6.67. The lowest BCUT2D eigenvalue weighted by atomic mass is 9.82. The summed E-state index contributed by atoms with van der Waals surface area (Å²) in [6.07, 6.45) is 11.5. The summed E-state index contributed by atoms with van der Waals surface area (Å²) in [6, 6.07) is 0.429. The zero-order valence-electron chi connectivity index (χ0n) is 11.4. The average molecular weight is 312 g/mol. The third kappa shape index (κ3) is 1.61. The van der Waals surface area contributed by atoms with Crippen molar-refractivity contribution in [1.29, 1.82) is 0 Å². The highest BCUT2D eigenvalue weighted by molar-refractivity contribution is 6.47. The van der Waals surface area contributed by atoms with Crippen LogP contribution >= 0.6 is 23.2 Å². The molecule has 4 rings (SSSR count). The van der Waals surface area contributed by atoms with E-state index in [4.69, 9.17) is 23.2 Å². The van der Waals surface area contributed by atoms with Crippen LogP contribution in [-0.2, 0) is 4.79 Å². The predicted octanol–water partition coefficient (Wildman–Crippen LogP) is 3.74. The van der Waals surface area contributed by atoms with E-state index in [1.54, 1.807) is 0 Å². The van der Waals surface area contributed by atoms with Gasteiger partial charge >= 0.3 is 0 Å². The fourth-order valence-electron chi connectivity index (χ4n) is 4.61. The molecule has 20 heavy (non-hydrogen) atoms. The molecule has 108 valence electrons. The molecule has 4 unspecified atom stereocenters. The first-order valence-electron chi connectivity index (χ1n) is 7.70. The molecule has 0 heterocycles. The average Bonchev–Trinajstić information content (AvgIpc) is 3.08. The van der Waals surface area contributed by atoms with E-state index in [0.29, 0.717) is 11.1 Å². The molecule has 4 aliphatic rings. The third-order valence-electron chi connectivity index (χ3n) is 5.59. The fourth-order valence-corrected chi connectivity index (χ4v) is 5.56. The van der Waals surface area contributed by atoms with E-state index in [0.717, 1.165) is 25.0 Å². The Morgan fingerprint density at radius 2 is 1.95 bits per heavy atom. The van der Waals surface area contributed by atoms with Crippen LogP contribution in [0.2, 0.25) is 0 Å². The van der Waals surface area contributed by atoms with Gasteiger partial charge in [0.25, 0.3) is 0 Å². The lowest BCUT2D eigenvalue weighted by Gasteiger charge is -2.35. The van der Waals surface area contributed by atoms with E-state index in [1.165, 1.54) is 19.3 Å². The molecule has 0 aliphatic heterocycles. The Morgan fingerprint density at radius 1 is 1.20 bits per heavy atom. The van der Waals surface area contributed by atoms with Crippen molar-refractivity contribution in [3.8, 4) is 0 Å². The van der Waals surface area contributed by atoms with Crippen molar-refractivity contribution in [1.82, 2.24) is 5.32 Å². The molecule has 2 bridgehead atoms. The molecular formula is C16H19Cl2NO. The number of carbonyl (C=O) groups excluding carboxylic acids is 1. The molecule has 0 aromatic rings. The molecule has 4 heteroatoms. The predicted molar refractivity (Wildman–Crippen MR) is 80.7 cm³/mol. The van der Waals surface area contributed by atoms with Crippen LogP contribution in [0, 0.1) is 17.8 Å². The molecule has 0 radical (unpaired) electrons. The zero-order chi connectivity index (χ0) is 13.9. The molecule has 0 aromatic heterocycles. The monoisotopic (exact) mass is 311 g/mol. The minimum absolute atomic E-state index is 0.0526. The number of allylic oxidation sites excluding steroid dienone is 4. The van der Waals surface area contributed by atoms with Crippen LogP contribution in [0.25, 0.3) is 0 Å². The van der Waals surface area contributed by atoms with Crippen LogP contribution < -0.4 is 5.32 Å². The van der Waals surface area contributed by atoms with Gasteiger partial charge in [-0.25, -0.2) is 0 Å². The number of halogens is 2. The Labute approximate surface area is 129 Å². The molecule has 0 saturated heterocycles. The van der Waals surface area contributed by atoms with E-state index in [9.17, 15) is 4.79 Å². The van der Waals surface area contributed by atoms with Gasteiger partial charge in [-0.3, -0.25) is 4.79 Å². The highest BCUT2D eigenvalue weighted by Crippen LogP contribution is 2.62. The Morgan fingerprint density at radius 3 is 2.70 bits per heavy atom. The van der Waals surface area contributed by atoms with Gasteiger partial charge in [-0.2, -0.15) is 0 Å². The summed E-state index contributed by atoms with van der Waals surface area (Å²) in [7, 11) is 0. The first-order chi connectivity index (χ1) is 9.62. The van der Waals surface area contributed by atoms with Gasteiger partial charge in [-0.05, 0) is 25.2 Å². The highest BCUT2D eigenvalue weighted by atomic mass is 35.5. The van der Waals surface area contributed by atoms with Crippen molar-refractivity contribution >= 4 is 29.0 Å². The summed E-state index contributed by atoms with van der Waals surface area (Å²) in [5.74, 6) is 0.449. The number of nitrogens with one attached hydrogen (secondary N) is 1. The van der Waals surface area contributed by atoms with Gasteiger partial charge in [0.2, 0.25) is 0 Å². The summed E-state index contributed by atoms with van der Waals surface area (Å²) < 4.78 is 0. The van der Waals surface area contributed by atoms with Crippen molar-refractivity contribution < 1.29 is 4.79 Å². The van der Waals surface area contributed by atoms with Crippen LogP contribution in [0.1, 0.15) is 38.5 Å². The van der Waals surface area contributed by atoms with E-state index in [2.05, 4.69) is 17.5 Å². The fraction of sp³-hybridized carbons (Fsp3) is 0.688. The first kappa shape index (κ1) is 13.2. The Hall–Kier alpha value is -0.470. The number of fused-ring (bicyclic) bond motifs is 5. The number of carbonyl (C=O) groups is 1. The summed E-state index contributed by atoms with van der Waals surface area (Å²) in [5, 5.41) is 3.93. The molecule has 2 fully saturated rings. The Balaban J connectivity index is 1.66. The van der Waals surface area contributed by atoms with Gasteiger partial charge in [-0.1, -0.05) is 43.0 Å². The summed E-state index contributed by atoms with van der Waals surface area (Å²) in [5.41, 5.74) is 0.833. The second kappa shape index (κ2) is 4.51. The quantitative estimate of drug-likeness (QED) is 0.621. The second-order valence-electron chi connectivity index (χ2n) is 6.67. The maximum Gasteiger partial charge on any atom is 0.181 e.